The van der Waals surface area contributed by atoms with Crippen LogP contribution in [0.15, 0.2) is 34.7 Å². The van der Waals surface area contributed by atoms with Gasteiger partial charge < -0.3 is 0 Å². The summed E-state index contributed by atoms with van der Waals surface area (Å²) in [6.07, 6.45) is 6.84. The second-order valence-corrected chi connectivity index (χ2v) is 7.09. The molecule has 4 nitrogen and oxygen atoms in total. The van der Waals surface area contributed by atoms with Crippen LogP contribution in [0.5, 0.6) is 0 Å². The summed E-state index contributed by atoms with van der Waals surface area (Å²) >= 11 is 1.59. The van der Waals surface area contributed by atoms with E-state index in [1.807, 2.05) is 24.3 Å². The highest BCUT2D eigenvalue weighted by Crippen LogP contribution is 2.34. The van der Waals surface area contributed by atoms with E-state index in [1.54, 1.807) is 11.3 Å². The average molecular weight is 325 g/mol. The summed E-state index contributed by atoms with van der Waals surface area (Å²) in [6, 6.07) is 7.66. The molecule has 2 aliphatic rings. The number of ketones is 1. The first kappa shape index (κ1) is 14.6. The van der Waals surface area contributed by atoms with E-state index < -0.39 is 0 Å². The third-order valence-electron chi connectivity index (χ3n) is 4.70. The normalized spacial score (nSPS) is 20.0. The number of aromatic nitrogens is 1. The number of hydrogen-bond donors (Lipinski definition) is 1. The van der Waals surface area contributed by atoms with E-state index in [-0.39, 0.29) is 5.78 Å². The molecule has 1 heterocycles. The highest BCUT2D eigenvalue weighted by atomic mass is 32.1. The molecule has 118 valence electrons. The van der Waals surface area contributed by atoms with Gasteiger partial charge in [0.15, 0.2) is 5.78 Å². The molecule has 2 aliphatic carbocycles. The number of fused-ring (bicyclic) bond motifs is 1. The minimum atomic E-state index is 0.142. The summed E-state index contributed by atoms with van der Waals surface area (Å²) in [5.41, 5.74) is 6.76. The van der Waals surface area contributed by atoms with E-state index in [0.29, 0.717) is 12.3 Å². The number of carbonyl (C=O) groups excluding carboxylic acids is 1. The van der Waals surface area contributed by atoms with Gasteiger partial charge in [-0.25, -0.2) is 4.98 Å². The predicted molar refractivity (Wildman–Crippen MR) is 93.5 cm³/mol. The smallest absolute Gasteiger partial charge is 0.203 e. The Labute approximate surface area is 139 Å². The lowest BCUT2D eigenvalue weighted by Gasteiger charge is -2.19. The first-order chi connectivity index (χ1) is 11.3. The van der Waals surface area contributed by atoms with Gasteiger partial charge in [-0.15, -0.1) is 11.3 Å². The number of nitrogens with one attached hydrogen (secondary N) is 1. The molecule has 1 saturated carbocycles. The van der Waals surface area contributed by atoms with Gasteiger partial charge in [0.1, 0.15) is 0 Å². The predicted octanol–water partition coefficient (Wildman–Crippen LogP) is 4.59. The second kappa shape index (κ2) is 6.24. The van der Waals surface area contributed by atoms with Crippen molar-refractivity contribution in [3.63, 3.8) is 0 Å². The maximum atomic E-state index is 12.0. The van der Waals surface area contributed by atoms with Crippen LogP contribution < -0.4 is 5.43 Å². The molecule has 1 N–H and O–H groups in total. The Morgan fingerprint density at radius 3 is 2.74 bits per heavy atom. The van der Waals surface area contributed by atoms with Crippen molar-refractivity contribution in [2.45, 2.75) is 44.4 Å². The summed E-state index contributed by atoms with van der Waals surface area (Å²) in [6.45, 7) is 0. The fourth-order valence-corrected chi connectivity index (χ4v) is 4.19. The van der Waals surface area contributed by atoms with E-state index in [4.69, 9.17) is 0 Å². The summed E-state index contributed by atoms with van der Waals surface area (Å²) in [5, 5.41) is 7.40. The molecule has 0 saturated heterocycles. The van der Waals surface area contributed by atoms with Crippen LogP contribution in [0.2, 0.25) is 0 Å². The molecule has 0 bridgehead atoms. The third kappa shape index (κ3) is 2.93. The van der Waals surface area contributed by atoms with E-state index in [0.717, 1.165) is 22.0 Å². The molecule has 23 heavy (non-hydrogen) atoms. The Kier molecular flexibility index (Phi) is 3.95. The van der Waals surface area contributed by atoms with Crippen LogP contribution in [0, 0.1) is 0 Å². The molecule has 0 spiro atoms. The van der Waals surface area contributed by atoms with Crippen LogP contribution in [0.4, 0.5) is 5.13 Å². The monoisotopic (exact) mass is 325 g/mol. The Hall–Kier alpha value is -2.01. The fourth-order valence-electron chi connectivity index (χ4n) is 3.46. The van der Waals surface area contributed by atoms with E-state index in [1.165, 1.54) is 37.8 Å². The maximum absolute atomic E-state index is 12.0. The van der Waals surface area contributed by atoms with Crippen LogP contribution in [0.1, 0.15) is 66.1 Å². The third-order valence-corrected chi connectivity index (χ3v) is 5.46. The average Bonchev–Trinajstić information content (AvgIpc) is 3.19. The van der Waals surface area contributed by atoms with Gasteiger partial charge in [0.2, 0.25) is 5.13 Å². The lowest BCUT2D eigenvalue weighted by atomic mass is 9.87. The highest BCUT2D eigenvalue weighted by Gasteiger charge is 2.25. The Morgan fingerprint density at radius 2 is 1.91 bits per heavy atom. The van der Waals surface area contributed by atoms with Crippen molar-refractivity contribution in [3.05, 3.63) is 46.5 Å². The van der Waals surface area contributed by atoms with Crippen molar-refractivity contribution in [1.29, 1.82) is 0 Å². The van der Waals surface area contributed by atoms with Crippen molar-refractivity contribution in [1.82, 2.24) is 4.98 Å². The molecule has 5 heteroatoms. The molecule has 0 unspecified atom stereocenters. The van der Waals surface area contributed by atoms with Crippen molar-refractivity contribution < 1.29 is 4.79 Å². The number of rotatable bonds is 3. The maximum Gasteiger partial charge on any atom is 0.203 e. The van der Waals surface area contributed by atoms with Gasteiger partial charge in [0.25, 0.3) is 0 Å². The first-order valence-electron chi connectivity index (χ1n) is 8.22. The number of Topliss-reactive ketones (excluding diaryl/α,β-unsaturated/α-hetero) is 1. The van der Waals surface area contributed by atoms with Crippen LogP contribution in [-0.2, 0) is 0 Å². The van der Waals surface area contributed by atoms with Crippen molar-refractivity contribution in [2.75, 3.05) is 5.43 Å². The molecular weight excluding hydrogens is 306 g/mol. The van der Waals surface area contributed by atoms with Gasteiger partial charge >= 0.3 is 0 Å². The number of hydrogen-bond acceptors (Lipinski definition) is 5. The van der Waals surface area contributed by atoms with Gasteiger partial charge in [-0.3, -0.25) is 10.2 Å². The molecule has 0 radical (unpaired) electrons. The number of carbonyl (C=O) groups is 1. The molecule has 1 aromatic carbocycles. The number of thiazole rings is 1. The Bertz CT molecular complexity index is 759. The summed E-state index contributed by atoms with van der Waals surface area (Å²) in [4.78, 5) is 16.7. The van der Waals surface area contributed by atoms with Crippen LogP contribution in [-0.4, -0.2) is 16.5 Å². The highest BCUT2D eigenvalue weighted by molar-refractivity contribution is 7.13. The molecule has 0 aliphatic heterocycles. The van der Waals surface area contributed by atoms with Crippen molar-refractivity contribution in [3.8, 4) is 0 Å². The van der Waals surface area contributed by atoms with E-state index >= 15 is 0 Å². The van der Waals surface area contributed by atoms with E-state index in [2.05, 4.69) is 20.9 Å². The van der Waals surface area contributed by atoms with Crippen molar-refractivity contribution >= 4 is 28.0 Å². The topological polar surface area (TPSA) is 54.4 Å². The molecular formula is C18H19N3OS. The molecule has 2 aromatic rings. The zero-order valence-corrected chi connectivity index (χ0v) is 13.7. The lowest BCUT2D eigenvalue weighted by molar-refractivity contribution is 0.101. The minimum Gasteiger partial charge on any atom is -0.294 e. The van der Waals surface area contributed by atoms with Gasteiger partial charge in [0.05, 0.1) is 17.8 Å². The number of anilines is 1. The fraction of sp³-hybridized carbons (Fsp3) is 0.389. The summed E-state index contributed by atoms with van der Waals surface area (Å²) < 4.78 is 0. The van der Waals surface area contributed by atoms with Gasteiger partial charge in [-0.1, -0.05) is 43.5 Å². The quantitative estimate of drug-likeness (QED) is 0.840. The van der Waals surface area contributed by atoms with Crippen LogP contribution in [0.25, 0.3) is 0 Å². The number of benzene rings is 1. The van der Waals surface area contributed by atoms with Gasteiger partial charge in [-0.2, -0.15) is 5.10 Å². The van der Waals surface area contributed by atoms with Gasteiger partial charge in [0, 0.05) is 22.4 Å². The first-order valence-corrected chi connectivity index (χ1v) is 9.10. The summed E-state index contributed by atoms with van der Waals surface area (Å²) in [5.74, 6) is 0.750. The summed E-state index contributed by atoms with van der Waals surface area (Å²) in [7, 11) is 0. The zero-order chi connectivity index (χ0) is 15.6. The standard InChI is InChI=1S/C18H19N3OS/c22-17-10-15(13-8-4-5-9-14(13)17)20-21-18-19-16(11-23-18)12-6-2-1-3-7-12/h4-5,8-9,11-12H,1-3,6-7,10H2,(H,19,21)/b20-15+. The van der Waals surface area contributed by atoms with Crippen LogP contribution >= 0.6 is 11.3 Å². The molecule has 1 fully saturated rings. The molecule has 0 atom stereocenters. The van der Waals surface area contributed by atoms with E-state index in [9.17, 15) is 4.79 Å². The number of hydrazone groups is 1. The van der Waals surface area contributed by atoms with Crippen LogP contribution in [0.3, 0.4) is 0 Å². The molecule has 4 rings (SSSR count). The molecule has 0 amide bonds. The van der Waals surface area contributed by atoms with Crippen molar-refractivity contribution in [2.24, 2.45) is 5.10 Å². The number of nitrogens with zero attached hydrogens (tertiary/aromatic N) is 2. The SMILES string of the molecule is O=C1C/C(=N\Nc2nc(C3CCCCC3)cs2)c2ccccc21. The Morgan fingerprint density at radius 1 is 1.13 bits per heavy atom. The largest absolute Gasteiger partial charge is 0.294 e. The zero-order valence-electron chi connectivity index (χ0n) is 12.9. The Balaban J connectivity index is 1.49. The minimum absolute atomic E-state index is 0.142. The lowest BCUT2D eigenvalue weighted by Crippen LogP contribution is -2.05. The molecule has 1 aromatic heterocycles. The second-order valence-electron chi connectivity index (χ2n) is 6.23. The van der Waals surface area contributed by atoms with Gasteiger partial charge in [-0.05, 0) is 12.8 Å².